The van der Waals surface area contributed by atoms with Crippen LogP contribution >= 0.6 is 0 Å². The van der Waals surface area contributed by atoms with Crippen molar-refractivity contribution in [3.05, 3.63) is 36.4 Å². The van der Waals surface area contributed by atoms with E-state index in [0.717, 1.165) is 50.1 Å². The molecule has 3 aromatic rings. The highest BCUT2D eigenvalue weighted by Gasteiger charge is 2.31. The Morgan fingerprint density at radius 2 is 2.03 bits per heavy atom. The van der Waals surface area contributed by atoms with Crippen molar-refractivity contribution < 1.29 is 13.9 Å². The maximum absolute atomic E-state index is 15.1. The molecule has 178 valence electrons. The smallest absolute Gasteiger partial charge is 0.241 e. The first-order valence-corrected chi connectivity index (χ1v) is 12.1. The van der Waals surface area contributed by atoms with Crippen molar-refractivity contribution >= 4 is 22.6 Å². The number of fused-ring (bicyclic) bond motifs is 1. The summed E-state index contributed by atoms with van der Waals surface area (Å²) in [5.41, 5.74) is 3.59. The van der Waals surface area contributed by atoms with Crippen molar-refractivity contribution in [1.29, 1.82) is 0 Å². The van der Waals surface area contributed by atoms with Gasteiger partial charge in [-0.3, -0.25) is 4.79 Å². The molecule has 2 atom stereocenters. The molecule has 2 aliphatic heterocycles. The number of rotatable bonds is 6. The molecule has 0 spiro atoms. The highest BCUT2D eigenvalue weighted by Crippen LogP contribution is 2.40. The number of aromatic nitrogens is 3. The summed E-state index contributed by atoms with van der Waals surface area (Å²) in [5, 5.41) is 6.17. The first kappa shape index (κ1) is 21.3. The number of ether oxygens (including phenoxy) is 1. The molecule has 2 saturated heterocycles. The van der Waals surface area contributed by atoms with Gasteiger partial charge < -0.3 is 24.8 Å². The van der Waals surface area contributed by atoms with Gasteiger partial charge in [0.1, 0.15) is 17.4 Å². The molecule has 0 radical (unpaired) electrons. The van der Waals surface area contributed by atoms with Crippen LogP contribution in [0.1, 0.15) is 32.2 Å². The van der Waals surface area contributed by atoms with Crippen LogP contribution in [0.15, 0.2) is 30.6 Å². The number of nitrogens with zero attached hydrogens (tertiary/aromatic N) is 4. The topological polar surface area (TPSA) is 84.3 Å². The Kier molecular flexibility index (Phi) is 5.36. The summed E-state index contributed by atoms with van der Waals surface area (Å²) in [4.78, 5) is 23.2. The molecule has 9 heteroatoms. The number of carbonyl (C=O) groups is 1. The van der Waals surface area contributed by atoms with Gasteiger partial charge in [-0.15, -0.1) is 0 Å². The Morgan fingerprint density at radius 1 is 1.21 bits per heavy atom. The largest absolute Gasteiger partial charge is 0.473 e. The van der Waals surface area contributed by atoms with Crippen LogP contribution in [-0.4, -0.2) is 59.3 Å². The maximum atomic E-state index is 15.1. The van der Waals surface area contributed by atoms with E-state index in [9.17, 15) is 4.79 Å². The molecule has 1 aromatic carbocycles. The van der Waals surface area contributed by atoms with Gasteiger partial charge in [0.25, 0.3) is 0 Å². The van der Waals surface area contributed by atoms with Gasteiger partial charge in [-0.05, 0) is 38.0 Å². The van der Waals surface area contributed by atoms with Crippen molar-refractivity contribution in [2.24, 2.45) is 5.92 Å². The Bertz CT molecular complexity index is 1230. The summed E-state index contributed by atoms with van der Waals surface area (Å²) in [6.07, 6.45) is 4.33. The molecule has 1 amide bonds. The molecular weight excluding hydrogens is 435 g/mol. The lowest BCUT2D eigenvalue weighted by Gasteiger charge is -2.29. The van der Waals surface area contributed by atoms with Gasteiger partial charge >= 0.3 is 0 Å². The summed E-state index contributed by atoms with van der Waals surface area (Å²) < 4.78 is 23.6. The van der Waals surface area contributed by atoms with Crippen molar-refractivity contribution in [1.82, 2.24) is 25.2 Å². The number of amides is 1. The van der Waals surface area contributed by atoms with Crippen LogP contribution in [0.25, 0.3) is 22.3 Å². The number of hydrogen-bond donors (Lipinski definition) is 2. The monoisotopic (exact) mass is 464 g/mol. The Hall–Kier alpha value is -3.20. The van der Waals surface area contributed by atoms with Crippen molar-refractivity contribution in [3.63, 3.8) is 0 Å². The SMILES string of the molecule is CC(Oc1nc(-c2ccc(N3CCNCC3)c(F)c2)cc2ncn(C3CC3)c12)C1CNC(=O)C1. The second-order valence-electron chi connectivity index (χ2n) is 9.56. The highest BCUT2D eigenvalue weighted by atomic mass is 19.1. The second-order valence-corrected chi connectivity index (χ2v) is 9.56. The van der Waals surface area contributed by atoms with Gasteiger partial charge in [-0.2, -0.15) is 0 Å². The van der Waals surface area contributed by atoms with E-state index in [4.69, 9.17) is 9.72 Å². The number of benzene rings is 1. The van der Waals surface area contributed by atoms with Crippen LogP contribution < -0.4 is 20.3 Å². The minimum Gasteiger partial charge on any atom is -0.473 e. The van der Waals surface area contributed by atoms with Crippen LogP contribution in [0.3, 0.4) is 0 Å². The molecule has 2 aromatic heterocycles. The number of pyridine rings is 1. The molecule has 3 aliphatic rings. The van der Waals surface area contributed by atoms with Gasteiger partial charge in [0.15, 0.2) is 0 Å². The molecule has 3 fully saturated rings. The molecule has 1 saturated carbocycles. The number of anilines is 1. The molecule has 0 bridgehead atoms. The Labute approximate surface area is 197 Å². The average molecular weight is 465 g/mol. The summed E-state index contributed by atoms with van der Waals surface area (Å²) in [5.74, 6) is 0.378. The number of halogens is 1. The molecule has 8 nitrogen and oxygen atoms in total. The van der Waals surface area contributed by atoms with Crippen molar-refractivity contribution in [2.45, 2.75) is 38.3 Å². The summed E-state index contributed by atoms with van der Waals surface area (Å²) in [7, 11) is 0. The number of piperazine rings is 1. The molecule has 2 N–H and O–H groups in total. The molecule has 2 unspecified atom stereocenters. The van der Waals surface area contributed by atoms with E-state index in [2.05, 4.69) is 25.1 Å². The quantitative estimate of drug-likeness (QED) is 0.584. The Balaban J connectivity index is 1.36. The third-order valence-corrected chi connectivity index (χ3v) is 7.13. The predicted octanol–water partition coefficient (Wildman–Crippen LogP) is 2.89. The van der Waals surface area contributed by atoms with Crippen molar-refractivity contribution in [2.75, 3.05) is 37.6 Å². The lowest BCUT2D eigenvalue weighted by Crippen LogP contribution is -2.43. The van der Waals surface area contributed by atoms with Crippen LogP contribution in [0.4, 0.5) is 10.1 Å². The zero-order chi connectivity index (χ0) is 23.2. The molecule has 34 heavy (non-hydrogen) atoms. The normalized spacial score (nSPS) is 21.6. The van der Waals surface area contributed by atoms with Crippen LogP contribution in [0.2, 0.25) is 0 Å². The second kappa shape index (κ2) is 8.54. The minimum atomic E-state index is -0.254. The van der Waals surface area contributed by atoms with Crippen LogP contribution in [0, 0.1) is 11.7 Å². The molecule has 1 aliphatic carbocycles. The predicted molar refractivity (Wildman–Crippen MR) is 127 cm³/mol. The zero-order valence-corrected chi connectivity index (χ0v) is 19.3. The van der Waals surface area contributed by atoms with Gasteiger partial charge in [-0.25, -0.2) is 14.4 Å². The van der Waals surface area contributed by atoms with E-state index in [0.29, 0.717) is 41.8 Å². The third-order valence-electron chi connectivity index (χ3n) is 7.13. The fourth-order valence-electron chi connectivity index (χ4n) is 4.94. The molecular formula is C25H29FN6O2. The third kappa shape index (κ3) is 3.98. The molecule has 4 heterocycles. The zero-order valence-electron chi connectivity index (χ0n) is 19.3. The van der Waals surface area contributed by atoms with Crippen LogP contribution in [-0.2, 0) is 4.79 Å². The summed E-state index contributed by atoms with van der Waals surface area (Å²) >= 11 is 0. The van der Waals surface area contributed by atoms with E-state index >= 15 is 4.39 Å². The number of nitrogens with one attached hydrogen (secondary N) is 2. The lowest BCUT2D eigenvalue weighted by molar-refractivity contribution is -0.119. The Morgan fingerprint density at radius 3 is 2.74 bits per heavy atom. The molecule has 6 rings (SSSR count). The van der Waals surface area contributed by atoms with Gasteiger partial charge in [0.2, 0.25) is 11.8 Å². The standard InChI is InChI=1S/C25H29FN6O2/c1-15(17-11-23(33)28-13-17)34-25-24-21(29-14-32(24)18-3-4-18)12-20(30-25)16-2-5-22(19(26)10-16)31-8-6-27-7-9-31/h2,5,10,12,14-15,17-18,27H,3-4,6-9,11,13H2,1H3,(H,28,33). The van der Waals surface area contributed by atoms with Crippen LogP contribution in [0.5, 0.6) is 5.88 Å². The lowest BCUT2D eigenvalue weighted by atomic mass is 10.0. The van der Waals surface area contributed by atoms with Gasteiger partial charge in [0.05, 0.1) is 23.2 Å². The summed E-state index contributed by atoms with van der Waals surface area (Å²) in [6, 6.07) is 7.63. The first-order chi connectivity index (χ1) is 16.6. The average Bonchev–Trinajstić information content (AvgIpc) is 3.44. The fourth-order valence-corrected chi connectivity index (χ4v) is 4.94. The number of imidazole rings is 1. The van der Waals surface area contributed by atoms with E-state index in [-0.39, 0.29) is 23.7 Å². The van der Waals surface area contributed by atoms with Gasteiger partial charge in [-0.1, -0.05) is 6.07 Å². The van der Waals surface area contributed by atoms with E-state index in [1.807, 2.05) is 31.5 Å². The van der Waals surface area contributed by atoms with E-state index < -0.39 is 0 Å². The summed E-state index contributed by atoms with van der Waals surface area (Å²) in [6.45, 7) is 5.85. The minimum absolute atomic E-state index is 0.0513. The maximum Gasteiger partial charge on any atom is 0.241 e. The van der Waals surface area contributed by atoms with E-state index in [1.165, 1.54) is 0 Å². The highest BCUT2D eigenvalue weighted by molar-refractivity contribution is 5.85. The first-order valence-electron chi connectivity index (χ1n) is 12.1. The fraction of sp³-hybridized carbons (Fsp3) is 0.480. The number of hydrogen-bond acceptors (Lipinski definition) is 6. The van der Waals surface area contributed by atoms with E-state index in [1.54, 1.807) is 6.07 Å². The van der Waals surface area contributed by atoms with Crippen molar-refractivity contribution in [3.8, 4) is 17.1 Å². The van der Waals surface area contributed by atoms with Gasteiger partial charge in [0, 0.05) is 56.7 Å². The number of carbonyl (C=O) groups excluding carboxylic acids is 1.